The third kappa shape index (κ3) is 6.32. The molecule has 2 aromatic rings. The molecule has 0 radical (unpaired) electrons. The Balaban J connectivity index is 1.58. The lowest BCUT2D eigenvalue weighted by molar-refractivity contribution is -0.127. The van der Waals surface area contributed by atoms with Crippen molar-refractivity contribution in [2.75, 3.05) is 26.4 Å². The van der Waals surface area contributed by atoms with Crippen molar-refractivity contribution in [3.8, 4) is 5.75 Å². The molecule has 0 saturated heterocycles. The minimum Gasteiger partial charge on any atom is -0.494 e. The number of hydrazine groups is 1. The van der Waals surface area contributed by atoms with Gasteiger partial charge >= 0.3 is 0 Å². The van der Waals surface area contributed by atoms with Crippen molar-refractivity contribution < 1.29 is 19.4 Å². The van der Waals surface area contributed by atoms with E-state index >= 15 is 0 Å². The van der Waals surface area contributed by atoms with E-state index in [1.807, 2.05) is 48.5 Å². The van der Waals surface area contributed by atoms with E-state index < -0.39 is 5.54 Å². The van der Waals surface area contributed by atoms with Crippen LogP contribution in [0.3, 0.4) is 0 Å². The second kappa shape index (κ2) is 11.7. The number of halogens is 1. The molecule has 1 amide bonds. The Kier molecular flexibility index (Phi) is 8.67. The van der Waals surface area contributed by atoms with E-state index in [0.717, 1.165) is 17.5 Å². The second-order valence-corrected chi connectivity index (χ2v) is 7.87. The average molecular weight is 458 g/mol. The Bertz CT molecular complexity index is 931. The molecule has 0 aliphatic carbocycles. The van der Waals surface area contributed by atoms with Crippen LogP contribution in [0.4, 0.5) is 0 Å². The highest BCUT2D eigenvalue weighted by Gasteiger charge is 2.43. The predicted molar refractivity (Wildman–Crippen MR) is 125 cm³/mol. The molecule has 32 heavy (non-hydrogen) atoms. The third-order valence-corrected chi connectivity index (χ3v) is 5.25. The zero-order valence-electron chi connectivity index (χ0n) is 17.9. The molecule has 0 unspecified atom stereocenters. The van der Waals surface area contributed by atoms with Gasteiger partial charge in [-0.3, -0.25) is 10.2 Å². The summed E-state index contributed by atoms with van der Waals surface area (Å²) in [6.45, 7) is 5.00. The van der Waals surface area contributed by atoms with Gasteiger partial charge in [-0.1, -0.05) is 29.8 Å². The zero-order valence-corrected chi connectivity index (χ0v) is 18.6. The van der Waals surface area contributed by atoms with Crippen molar-refractivity contribution in [1.29, 1.82) is 0 Å². The Morgan fingerprint density at radius 2 is 2.00 bits per heavy atom. The Labute approximate surface area is 193 Å². The molecule has 1 aliphatic heterocycles. The summed E-state index contributed by atoms with van der Waals surface area (Å²) < 4.78 is 11.3. The molecule has 0 fully saturated rings. The van der Waals surface area contributed by atoms with Crippen LogP contribution in [0.1, 0.15) is 24.0 Å². The molecular weight excluding hydrogens is 430 g/mol. The molecule has 1 atom stereocenters. The van der Waals surface area contributed by atoms with Gasteiger partial charge in [-0.2, -0.15) is 0 Å². The number of carbonyl (C=O) groups is 1. The van der Waals surface area contributed by atoms with Crippen LogP contribution in [-0.4, -0.2) is 48.8 Å². The molecule has 0 aromatic heterocycles. The lowest BCUT2D eigenvalue weighted by atomic mass is 9.97. The minimum atomic E-state index is -1.07. The Morgan fingerprint density at radius 1 is 1.25 bits per heavy atom. The van der Waals surface area contributed by atoms with Crippen LogP contribution < -0.4 is 15.6 Å². The Hall–Kier alpha value is -2.87. The summed E-state index contributed by atoms with van der Waals surface area (Å²) in [6, 6.07) is 14.9. The number of rotatable bonds is 12. The molecule has 0 spiro atoms. The quantitative estimate of drug-likeness (QED) is 0.259. The van der Waals surface area contributed by atoms with E-state index in [2.05, 4.69) is 22.4 Å². The number of nitrogens with one attached hydrogen (secondary N) is 2. The maximum absolute atomic E-state index is 12.9. The number of carbonyl (C=O) groups excluding carboxylic acids is 1. The number of amides is 1. The number of aliphatic imine (C=N–C) groups is 1. The summed E-state index contributed by atoms with van der Waals surface area (Å²) >= 11 is 5.90. The predicted octanol–water partition coefficient (Wildman–Crippen LogP) is 3.06. The summed E-state index contributed by atoms with van der Waals surface area (Å²) in [7, 11) is 0. The van der Waals surface area contributed by atoms with E-state index in [9.17, 15) is 4.79 Å². The summed E-state index contributed by atoms with van der Waals surface area (Å²) in [4.78, 5) is 17.5. The van der Waals surface area contributed by atoms with Gasteiger partial charge in [0.15, 0.2) is 5.54 Å². The molecule has 8 heteroatoms. The molecule has 3 N–H and O–H groups in total. The molecule has 1 aliphatic rings. The van der Waals surface area contributed by atoms with Crippen LogP contribution in [-0.2, 0) is 16.0 Å². The second-order valence-electron chi connectivity index (χ2n) is 7.44. The first-order valence-corrected chi connectivity index (χ1v) is 10.9. The Morgan fingerprint density at radius 3 is 2.69 bits per heavy atom. The van der Waals surface area contributed by atoms with Gasteiger partial charge in [-0.05, 0) is 48.4 Å². The van der Waals surface area contributed by atoms with Crippen molar-refractivity contribution in [3.05, 3.63) is 77.3 Å². The third-order valence-electron chi connectivity index (χ3n) is 4.99. The van der Waals surface area contributed by atoms with Gasteiger partial charge in [0.2, 0.25) is 5.90 Å². The number of hydrogen-bond acceptors (Lipinski definition) is 6. The minimum absolute atomic E-state index is 0.0894. The highest BCUT2D eigenvalue weighted by molar-refractivity contribution is 6.30. The zero-order chi connectivity index (χ0) is 22.8. The van der Waals surface area contributed by atoms with Crippen LogP contribution in [0.25, 0.3) is 0 Å². The van der Waals surface area contributed by atoms with Gasteiger partial charge in [0.05, 0.1) is 6.61 Å². The van der Waals surface area contributed by atoms with Crippen molar-refractivity contribution in [3.63, 3.8) is 0 Å². The lowest BCUT2D eigenvalue weighted by Crippen LogP contribution is -2.51. The monoisotopic (exact) mass is 457 g/mol. The molecular formula is C24H28ClN3O4. The summed E-state index contributed by atoms with van der Waals surface area (Å²) in [5, 5.41) is 9.53. The van der Waals surface area contributed by atoms with Gasteiger partial charge < -0.3 is 14.6 Å². The van der Waals surface area contributed by atoms with Crippen LogP contribution in [0.5, 0.6) is 5.75 Å². The van der Waals surface area contributed by atoms with Crippen LogP contribution >= 0.6 is 11.6 Å². The molecule has 3 rings (SSSR count). The molecule has 0 bridgehead atoms. The molecule has 0 saturated carbocycles. The molecule has 170 valence electrons. The van der Waals surface area contributed by atoms with E-state index in [0.29, 0.717) is 42.7 Å². The van der Waals surface area contributed by atoms with E-state index in [-0.39, 0.29) is 19.1 Å². The number of aliphatic hydroxyl groups excluding tert-OH is 1. The van der Waals surface area contributed by atoms with Crippen molar-refractivity contribution >= 4 is 23.4 Å². The summed E-state index contributed by atoms with van der Waals surface area (Å²) in [5.74, 6) is 0.832. The fraction of sp³-hybridized carbons (Fsp3) is 0.333. The van der Waals surface area contributed by atoms with Crippen LogP contribution in [0, 0.1) is 0 Å². The van der Waals surface area contributed by atoms with Crippen LogP contribution in [0.15, 0.2) is 66.2 Å². The van der Waals surface area contributed by atoms with Crippen molar-refractivity contribution in [1.82, 2.24) is 10.9 Å². The molecule has 2 aromatic carbocycles. The average Bonchev–Trinajstić information content (AvgIpc) is 3.24. The van der Waals surface area contributed by atoms with E-state index in [1.54, 1.807) is 6.08 Å². The van der Waals surface area contributed by atoms with Gasteiger partial charge in [0.25, 0.3) is 5.91 Å². The first-order valence-electron chi connectivity index (χ1n) is 10.5. The molecule has 1 heterocycles. The number of hydrogen-bond donors (Lipinski definition) is 3. The lowest BCUT2D eigenvalue weighted by Gasteiger charge is -2.21. The highest BCUT2D eigenvalue weighted by Crippen LogP contribution is 2.27. The molecule has 7 nitrogen and oxygen atoms in total. The van der Waals surface area contributed by atoms with Gasteiger partial charge in [-0.25, -0.2) is 10.4 Å². The van der Waals surface area contributed by atoms with Gasteiger partial charge in [-0.15, -0.1) is 6.58 Å². The topological polar surface area (TPSA) is 92.2 Å². The number of benzene rings is 2. The van der Waals surface area contributed by atoms with E-state index in [1.165, 1.54) is 0 Å². The van der Waals surface area contributed by atoms with Crippen molar-refractivity contribution in [2.24, 2.45) is 4.99 Å². The fourth-order valence-corrected chi connectivity index (χ4v) is 3.34. The number of aliphatic hydroxyl groups is 1. The maximum Gasteiger partial charge on any atom is 0.266 e. The first-order chi connectivity index (χ1) is 15.6. The first kappa shape index (κ1) is 23.8. The van der Waals surface area contributed by atoms with Gasteiger partial charge in [0, 0.05) is 36.6 Å². The smallest absolute Gasteiger partial charge is 0.266 e. The highest BCUT2D eigenvalue weighted by atomic mass is 35.5. The number of ether oxygens (including phenoxy) is 2. The summed E-state index contributed by atoms with van der Waals surface area (Å²) in [6.07, 6.45) is 3.33. The standard InChI is InChI=1S/C24H28ClN3O4/c1-2-13-24(23(30)28-26-14-12-18-4-8-20(25)9-5-18)17-32-22(27-24)19-6-10-21(11-7-19)31-16-3-15-29/h2,4-11,26,29H,1,3,12-17H2,(H,28,30)/t24-/m0/s1. The maximum atomic E-state index is 12.9. The van der Waals surface area contributed by atoms with Gasteiger partial charge in [0.1, 0.15) is 12.4 Å². The van der Waals surface area contributed by atoms with Crippen molar-refractivity contribution in [2.45, 2.75) is 24.8 Å². The van der Waals surface area contributed by atoms with Crippen LogP contribution in [0.2, 0.25) is 5.02 Å². The SMILES string of the molecule is C=CC[C@@]1(C(=O)NNCCc2ccc(Cl)cc2)COC(c2ccc(OCCCO)cc2)=N1. The fourth-order valence-electron chi connectivity index (χ4n) is 3.21. The number of nitrogens with zero attached hydrogens (tertiary/aromatic N) is 1. The normalized spacial score (nSPS) is 17.4. The largest absolute Gasteiger partial charge is 0.494 e. The summed E-state index contributed by atoms with van der Waals surface area (Å²) in [5.41, 5.74) is 6.53. The van der Waals surface area contributed by atoms with E-state index in [4.69, 9.17) is 26.2 Å².